The zero-order valence-electron chi connectivity index (χ0n) is 30.8. The Morgan fingerprint density at radius 3 is 0.881 bits per heavy atom. The summed E-state index contributed by atoms with van der Waals surface area (Å²) in [5.74, 6) is 7.69. The Kier molecular flexibility index (Phi) is 11.4. The van der Waals surface area contributed by atoms with Gasteiger partial charge in [-0.3, -0.25) is 0 Å². The summed E-state index contributed by atoms with van der Waals surface area (Å²) < 4.78 is 0. The lowest BCUT2D eigenvalue weighted by molar-refractivity contribution is 0.588. The van der Waals surface area contributed by atoms with Gasteiger partial charge in [0.15, 0.2) is 0 Å². The van der Waals surface area contributed by atoms with Crippen molar-refractivity contribution in [2.75, 3.05) is 0 Å². The molecule has 0 radical (unpaired) electrons. The molecule has 2 rings (SSSR count). The molecular weight excluding hydrogens is 537 g/mol. The maximum atomic E-state index is 4.02. The quantitative estimate of drug-likeness (QED) is 0.228. The van der Waals surface area contributed by atoms with Crippen LogP contribution in [0.15, 0.2) is 24.3 Å². The first-order chi connectivity index (χ1) is 19.0. The van der Waals surface area contributed by atoms with Crippen LogP contribution in [-0.4, -0.2) is 16.1 Å². The van der Waals surface area contributed by atoms with Crippen LogP contribution in [0.2, 0.25) is 33.2 Å². The van der Waals surface area contributed by atoms with Crippen LogP contribution < -0.4 is 0 Å². The van der Waals surface area contributed by atoms with E-state index in [2.05, 4.69) is 172 Å². The van der Waals surface area contributed by atoms with E-state index in [1.165, 1.54) is 33.0 Å². The van der Waals surface area contributed by atoms with Crippen molar-refractivity contribution in [3.63, 3.8) is 0 Å². The molecule has 0 aliphatic carbocycles. The predicted octanol–water partition coefficient (Wildman–Crippen LogP) is 12.6. The molecule has 0 aromatic heterocycles. The first kappa shape index (κ1) is 36.4. The summed E-state index contributed by atoms with van der Waals surface area (Å²) in [5.41, 5.74) is 16.9. The molecule has 0 amide bonds. The summed E-state index contributed by atoms with van der Waals surface area (Å²) in [4.78, 5) is 0. The number of benzene rings is 2. The largest absolute Gasteiger partial charge is 0.146 e. The lowest BCUT2D eigenvalue weighted by atomic mass is 9.79. The smallest absolute Gasteiger partial charge is 0.125 e. The van der Waals surface area contributed by atoms with E-state index in [9.17, 15) is 0 Å². The van der Waals surface area contributed by atoms with E-state index < -0.39 is 16.1 Å². The summed E-state index contributed by atoms with van der Waals surface area (Å²) >= 11 is 0. The molecule has 0 atom stereocenters. The number of hydrogen-bond donors (Lipinski definition) is 0. The van der Waals surface area contributed by atoms with E-state index >= 15 is 0 Å². The van der Waals surface area contributed by atoms with Crippen LogP contribution in [0.3, 0.4) is 0 Å². The molecule has 0 heterocycles. The zero-order valence-corrected chi connectivity index (χ0v) is 32.8. The van der Waals surface area contributed by atoms with Gasteiger partial charge >= 0.3 is 0 Å². The van der Waals surface area contributed by atoms with Gasteiger partial charge < -0.3 is 0 Å². The van der Waals surface area contributed by atoms with Crippen molar-refractivity contribution in [2.24, 2.45) is 0 Å². The van der Waals surface area contributed by atoms with Gasteiger partial charge in [0.1, 0.15) is 16.1 Å². The van der Waals surface area contributed by atoms with Gasteiger partial charge in [0.2, 0.25) is 0 Å². The lowest BCUT2D eigenvalue weighted by Gasteiger charge is -2.38. The second kappa shape index (κ2) is 13.1. The SMILES string of the molecule is CC(C)[Si](C#Cc1cc2cc(C#C[Si](C(C)C)(C(C)C)C(C)C)c(C(C)(C)C)cc2cc1C(C)(C)C)(C(C)C)C(C)C. The minimum absolute atomic E-state index is 0.00722. The van der Waals surface area contributed by atoms with Gasteiger partial charge in [-0.1, -0.05) is 136 Å². The number of hydrogen-bond acceptors (Lipinski definition) is 0. The van der Waals surface area contributed by atoms with E-state index in [-0.39, 0.29) is 10.8 Å². The van der Waals surface area contributed by atoms with Gasteiger partial charge in [-0.15, -0.1) is 11.1 Å². The minimum atomic E-state index is -1.85. The Hall–Kier alpha value is -1.75. The van der Waals surface area contributed by atoms with E-state index in [1.807, 2.05) is 0 Å². The fourth-order valence-corrected chi connectivity index (χ4v) is 18.4. The van der Waals surface area contributed by atoms with Crippen molar-refractivity contribution in [3.8, 4) is 22.9 Å². The van der Waals surface area contributed by atoms with Crippen LogP contribution in [0.25, 0.3) is 10.8 Å². The zero-order chi connectivity index (χ0) is 32.6. The monoisotopic (exact) mass is 600 g/mol. The molecule has 0 aliphatic heterocycles. The topological polar surface area (TPSA) is 0 Å². The van der Waals surface area contributed by atoms with Crippen molar-refractivity contribution in [1.29, 1.82) is 0 Å². The molecule has 0 saturated heterocycles. The third kappa shape index (κ3) is 7.14. The van der Waals surface area contributed by atoms with Gasteiger partial charge in [0.25, 0.3) is 0 Å². The maximum absolute atomic E-state index is 4.02. The van der Waals surface area contributed by atoms with Gasteiger partial charge in [-0.05, 0) is 90.2 Å². The molecule has 2 aromatic carbocycles. The van der Waals surface area contributed by atoms with Crippen LogP contribution in [0.1, 0.15) is 147 Å². The summed E-state index contributed by atoms with van der Waals surface area (Å²) in [5, 5.41) is 2.57. The first-order valence-electron chi connectivity index (χ1n) is 16.7. The predicted molar refractivity (Wildman–Crippen MR) is 197 cm³/mol. The van der Waals surface area contributed by atoms with Crippen LogP contribution in [0.5, 0.6) is 0 Å². The van der Waals surface area contributed by atoms with Crippen LogP contribution in [0, 0.1) is 22.9 Å². The van der Waals surface area contributed by atoms with E-state index in [0.29, 0.717) is 33.2 Å². The molecule has 0 N–H and O–H groups in total. The average Bonchev–Trinajstić information content (AvgIpc) is 2.81. The minimum Gasteiger partial charge on any atom is -0.125 e. The Labute approximate surface area is 264 Å². The molecule has 42 heavy (non-hydrogen) atoms. The molecular formula is C40H64Si2. The van der Waals surface area contributed by atoms with E-state index in [4.69, 9.17) is 0 Å². The molecule has 2 aromatic rings. The molecule has 0 fully saturated rings. The Bertz CT molecular complexity index is 1220. The molecule has 0 saturated carbocycles. The summed E-state index contributed by atoms with van der Waals surface area (Å²) in [6, 6.07) is 9.65. The maximum Gasteiger partial charge on any atom is 0.146 e. The summed E-state index contributed by atoms with van der Waals surface area (Å²) in [6.07, 6.45) is 0. The number of fused-ring (bicyclic) bond motifs is 1. The van der Waals surface area contributed by atoms with Gasteiger partial charge in [-0.2, -0.15) is 0 Å². The fraction of sp³-hybridized carbons (Fsp3) is 0.650. The second-order valence-electron chi connectivity index (χ2n) is 16.9. The van der Waals surface area contributed by atoms with Crippen LogP contribution >= 0.6 is 0 Å². The molecule has 2 heteroatoms. The third-order valence-electron chi connectivity index (χ3n) is 10.3. The summed E-state index contributed by atoms with van der Waals surface area (Å²) in [6.45, 7) is 42.8. The van der Waals surface area contributed by atoms with Crippen LogP contribution in [0.4, 0.5) is 0 Å². The van der Waals surface area contributed by atoms with E-state index in [1.54, 1.807) is 0 Å². The van der Waals surface area contributed by atoms with Gasteiger partial charge in [0.05, 0.1) is 0 Å². The fourth-order valence-electron chi connectivity index (χ4n) is 8.01. The molecule has 0 nitrogen and oxygen atoms in total. The second-order valence-corrected chi connectivity index (χ2v) is 28.1. The standard InChI is InChI=1S/C40H64Si2/c1-27(2)41(28(3)4,29(5)6)21-19-33-23-35-24-34(20-22-42(30(7)8,31(9)10)32(11)12)38(40(16,17)18)26-36(35)25-37(33)39(13,14)15/h23-32H,1-18H3. The van der Waals surface area contributed by atoms with Gasteiger partial charge in [0, 0.05) is 11.1 Å². The van der Waals surface area contributed by atoms with Gasteiger partial charge in [-0.25, -0.2) is 0 Å². The highest BCUT2D eigenvalue weighted by molar-refractivity contribution is 6.91. The normalized spacial score (nSPS) is 13.4. The average molecular weight is 601 g/mol. The Morgan fingerprint density at radius 1 is 0.429 bits per heavy atom. The highest BCUT2D eigenvalue weighted by Gasteiger charge is 2.42. The van der Waals surface area contributed by atoms with Crippen molar-refractivity contribution >= 4 is 26.9 Å². The highest BCUT2D eigenvalue weighted by Crippen LogP contribution is 2.43. The number of rotatable bonds is 6. The molecule has 232 valence electrons. The summed E-state index contributed by atoms with van der Waals surface area (Å²) in [7, 11) is -3.70. The van der Waals surface area contributed by atoms with Crippen molar-refractivity contribution in [1.82, 2.24) is 0 Å². The molecule has 0 aliphatic rings. The third-order valence-corrected chi connectivity index (χ3v) is 22.9. The van der Waals surface area contributed by atoms with E-state index in [0.717, 1.165) is 0 Å². The Morgan fingerprint density at radius 2 is 0.667 bits per heavy atom. The lowest BCUT2D eigenvalue weighted by Crippen LogP contribution is -2.43. The van der Waals surface area contributed by atoms with Crippen LogP contribution in [-0.2, 0) is 10.8 Å². The highest BCUT2D eigenvalue weighted by atomic mass is 28.3. The first-order valence-corrected chi connectivity index (χ1v) is 21.2. The van der Waals surface area contributed by atoms with Crippen molar-refractivity contribution in [2.45, 2.75) is 169 Å². The van der Waals surface area contributed by atoms with Crippen molar-refractivity contribution < 1.29 is 0 Å². The molecule has 0 bridgehead atoms. The Balaban J connectivity index is 3.02. The molecule has 0 spiro atoms. The van der Waals surface area contributed by atoms with Crippen molar-refractivity contribution in [3.05, 3.63) is 46.5 Å². The molecule has 0 unspecified atom stereocenters.